The van der Waals surface area contributed by atoms with E-state index >= 15 is 0 Å². The van der Waals surface area contributed by atoms with Crippen LogP contribution in [0.15, 0.2) is 0 Å². The van der Waals surface area contributed by atoms with Crippen LogP contribution in [0.1, 0.15) is 25.7 Å². The molecule has 0 unspecified atom stereocenters. The number of carboxylic acids is 4. The summed E-state index contributed by atoms with van der Waals surface area (Å²) in [5.41, 5.74) is 6.88. The number of nitrogens with two attached hydrogens (primary N) is 2. The van der Waals surface area contributed by atoms with Crippen LogP contribution in [0.5, 0.6) is 0 Å². The van der Waals surface area contributed by atoms with Gasteiger partial charge in [0.05, 0.1) is 36.8 Å². The summed E-state index contributed by atoms with van der Waals surface area (Å²) in [6.45, 7) is 0. The van der Waals surface area contributed by atoms with E-state index in [9.17, 15) is 19.2 Å². The normalized spacial score (nSPS) is 10.3. The van der Waals surface area contributed by atoms with Crippen LogP contribution in [0.3, 0.4) is 0 Å². The Labute approximate surface area is 140 Å². The molecule has 0 spiro atoms. The fourth-order valence-electron chi connectivity index (χ4n) is 1.91. The maximum atomic E-state index is 10.8. The standard InChI is InChI=1S/C10H16N2O8.Fe.2H2O/c11-9(1-5(13)14,2-6(15)16)10(12,3-7(17)18)4-8(19)20;;;/h1-4,11-12H2,(H,13,14)(H,15,16)(H,17,18)(H,19,20);;2*1H2. The van der Waals surface area contributed by atoms with Gasteiger partial charge in [0.2, 0.25) is 0 Å². The zero-order valence-corrected chi connectivity index (χ0v) is 12.9. The van der Waals surface area contributed by atoms with Crippen LogP contribution in [-0.2, 0) is 36.2 Å². The van der Waals surface area contributed by atoms with Crippen molar-refractivity contribution in [2.45, 2.75) is 36.8 Å². The molecule has 0 aromatic rings. The van der Waals surface area contributed by atoms with Gasteiger partial charge < -0.3 is 42.8 Å². The van der Waals surface area contributed by atoms with E-state index in [4.69, 9.17) is 31.9 Å². The number of aliphatic carboxylic acids is 4. The van der Waals surface area contributed by atoms with Gasteiger partial charge in [0.1, 0.15) is 0 Å². The molecule has 12 nitrogen and oxygen atoms in total. The van der Waals surface area contributed by atoms with Gasteiger partial charge in [-0.25, -0.2) is 0 Å². The molecule has 138 valence electrons. The molecule has 0 aliphatic heterocycles. The van der Waals surface area contributed by atoms with Crippen LogP contribution in [0.25, 0.3) is 0 Å². The third-order valence-corrected chi connectivity index (χ3v) is 2.86. The molecule has 12 N–H and O–H groups in total. The van der Waals surface area contributed by atoms with Crippen molar-refractivity contribution in [1.29, 1.82) is 0 Å². The summed E-state index contributed by atoms with van der Waals surface area (Å²) in [7, 11) is 0. The van der Waals surface area contributed by atoms with Gasteiger partial charge in [0, 0.05) is 17.1 Å². The molecular formula is C10H20FeN2O10. The first-order valence-corrected chi connectivity index (χ1v) is 5.37. The van der Waals surface area contributed by atoms with Crippen molar-refractivity contribution in [3.63, 3.8) is 0 Å². The molecule has 0 aliphatic rings. The summed E-state index contributed by atoms with van der Waals surface area (Å²) in [4.78, 5) is 43.2. The molecule has 0 heterocycles. The Balaban J connectivity index is -0.000000602. The average molecular weight is 384 g/mol. The Hall–Kier alpha value is -1.76. The summed E-state index contributed by atoms with van der Waals surface area (Å²) >= 11 is 0. The number of rotatable bonds is 9. The number of hydrogen-bond donors (Lipinski definition) is 6. The van der Waals surface area contributed by atoms with Crippen molar-refractivity contribution in [1.82, 2.24) is 0 Å². The molecule has 0 aromatic heterocycles. The minimum atomic E-state index is -2.22. The van der Waals surface area contributed by atoms with E-state index in [0.29, 0.717) is 0 Å². The van der Waals surface area contributed by atoms with Gasteiger partial charge in [0.15, 0.2) is 0 Å². The third-order valence-electron chi connectivity index (χ3n) is 2.86. The zero-order valence-electron chi connectivity index (χ0n) is 11.8. The van der Waals surface area contributed by atoms with Gasteiger partial charge in [-0.1, -0.05) is 0 Å². The smallest absolute Gasteiger partial charge is 0.305 e. The SMILES string of the molecule is NC(CC(=O)O)(CC(=O)O)C(N)(CC(=O)O)CC(=O)O.O.O.[Fe]. The molecule has 0 aromatic carbocycles. The maximum Gasteiger partial charge on any atom is 0.305 e. The van der Waals surface area contributed by atoms with Gasteiger partial charge >= 0.3 is 23.9 Å². The van der Waals surface area contributed by atoms with Crippen molar-refractivity contribution in [3.05, 3.63) is 0 Å². The maximum absolute atomic E-state index is 10.8. The molecule has 13 heteroatoms. The third kappa shape index (κ3) is 9.07. The van der Waals surface area contributed by atoms with Crippen LogP contribution in [0.2, 0.25) is 0 Å². The Kier molecular flexibility index (Phi) is 13.8. The second-order valence-corrected chi connectivity index (χ2v) is 4.59. The Morgan fingerprint density at radius 1 is 0.609 bits per heavy atom. The van der Waals surface area contributed by atoms with Gasteiger partial charge in [-0.3, -0.25) is 19.2 Å². The quantitative estimate of drug-likeness (QED) is 0.215. The van der Waals surface area contributed by atoms with Gasteiger partial charge in [-0.15, -0.1) is 0 Å². The number of carboxylic acid groups (broad SMARTS) is 4. The van der Waals surface area contributed by atoms with E-state index in [1.165, 1.54) is 0 Å². The Bertz CT molecular complexity index is 369. The molecule has 23 heavy (non-hydrogen) atoms. The summed E-state index contributed by atoms with van der Waals surface area (Å²) in [5, 5.41) is 35.1. The van der Waals surface area contributed by atoms with Crippen molar-refractivity contribution in [2.75, 3.05) is 0 Å². The molecule has 0 radical (unpaired) electrons. The molecule has 0 bridgehead atoms. The van der Waals surface area contributed by atoms with Crippen molar-refractivity contribution in [3.8, 4) is 0 Å². The molecule has 0 atom stereocenters. The van der Waals surface area contributed by atoms with Gasteiger partial charge in [0.25, 0.3) is 0 Å². The van der Waals surface area contributed by atoms with E-state index in [2.05, 4.69) is 0 Å². The second kappa shape index (κ2) is 10.9. The first kappa shape index (κ1) is 29.3. The Morgan fingerprint density at radius 3 is 0.826 bits per heavy atom. The summed E-state index contributed by atoms with van der Waals surface area (Å²) in [6, 6.07) is 0. The van der Waals surface area contributed by atoms with Gasteiger partial charge in [-0.2, -0.15) is 0 Å². The molecule has 0 amide bonds. The first-order valence-electron chi connectivity index (χ1n) is 5.37. The average Bonchev–Trinajstić information content (AvgIpc) is 2.10. The minimum absolute atomic E-state index is 0. The van der Waals surface area contributed by atoms with Crippen LogP contribution in [0.4, 0.5) is 0 Å². The summed E-state index contributed by atoms with van der Waals surface area (Å²) in [6.07, 6.45) is -3.90. The second-order valence-electron chi connectivity index (χ2n) is 4.59. The molecule has 0 fully saturated rings. The molecule has 0 saturated carbocycles. The zero-order chi connectivity index (χ0) is 16.1. The van der Waals surface area contributed by atoms with Crippen LogP contribution in [0, 0.1) is 0 Å². The predicted octanol–water partition coefficient (Wildman–Crippen LogP) is -3.37. The summed E-state index contributed by atoms with van der Waals surface area (Å²) < 4.78 is 0. The fraction of sp³-hybridized carbons (Fsp3) is 0.600. The van der Waals surface area contributed by atoms with Gasteiger partial charge in [-0.05, 0) is 0 Å². The van der Waals surface area contributed by atoms with E-state index in [0.717, 1.165) is 0 Å². The molecule has 0 aliphatic carbocycles. The van der Waals surface area contributed by atoms with Crippen molar-refractivity contribution in [2.24, 2.45) is 11.5 Å². The largest absolute Gasteiger partial charge is 0.481 e. The van der Waals surface area contributed by atoms with Crippen molar-refractivity contribution < 1.29 is 67.6 Å². The molecular weight excluding hydrogens is 364 g/mol. The Morgan fingerprint density at radius 2 is 0.739 bits per heavy atom. The van der Waals surface area contributed by atoms with Crippen LogP contribution in [-0.4, -0.2) is 66.3 Å². The topological polar surface area (TPSA) is 264 Å². The summed E-state index contributed by atoms with van der Waals surface area (Å²) in [5.74, 6) is -6.06. The predicted molar refractivity (Wildman–Crippen MR) is 70.1 cm³/mol. The van der Waals surface area contributed by atoms with Crippen LogP contribution >= 0.6 is 0 Å². The van der Waals surface area contributed by atoms with E-state index in [-0.39, 0.29) is 28.0 Å². The monoisotopic (exact) mass is 384 g/mol. The number of hydrogen-bond acceptors (Lipinski definition) is 6. The van der Waals surface area contributed by atoms with E-state index in [1.54, 1.807) is 0 Å². The van der Waals surface area contributed by atoms with Crippen LogP contribution < -0.4 is 11.5 Å². The minimum Gasteiger partial charge on any atom is -0.481 e. The molecule has 0 saturated heterocycles. The first-order chi connectivity index (χ1) is 8.92. The fourth-order valence-corrected chi connectivity index (χ4v) is 1.91. The van der Waals surface area contributed by atoms with E-state index < -0.39 is 60.6 Å². The van der Waals surface area contributed by atoms with Crippen molar-refractivity contribution >= 4 is 23.9 Å². The van der Waals surface area contributed by atoms with E-state index in [1.807, 2.05) is 0 Å². The number of carbonyl (C=O) groups is 4. The molecule has 0 rings (SSSR count).